The highest BCUT2D eigenvalue weighted by Crippen LogP contribution is 2.27. The van der Waals surface area contributed by atoms with Crippen molar-refractivity contribution < 1.29 is 18.1 Å². The molecule has 0 radical (unpaired) electrons. The van der Waals surface area contributed by atoms with Crippen molar-refractivity contribution in [3.8, 4) is 0 Å². The fraction of sp³-hybridized carbons (Fsp3) is 0.316. The number of amides is 1. The van der Waals surface area contributed by atoms with E-state index in [0.29, 0.717) is 5.69 Å². The maximum atomic E-state index is 12.8. The van der Waals surface area contributed by atoms with Crippen molar-refractivity contribution in [2.75, 3.05) is 15.9 Å². The lowest BCUT2D eigenvalue weighted by Gasteiger charge is -2.28. The number of carbonyl (C=O) groups is 1. The van der Waals surface area contributed by atoms with E-state index in [-0.39, 0.29) is 17.3 Å². The third kappa shape index (κ3) is 4.86. The Morgan fingerprint density at radius 1 is 1.11 bits per heavy atom. The SMILES string of the molecule is CC(C)c1ccccc1NC(=O)C(C)N(c1cccc([N+](=O)[O-])c1)S(C)(=O)=O. The van der Waals surface area contributed by atoms with Crippen molar-refractivity contribution in [3.05, 3.63) is 64.2 Å². The topological polar surface area (TPSA) is 110 Å². The van der Waals surface area contributed by atoms with E-state index in [1.54, 1.807) is 12.1 Å². The molecule has 0 saturated heterocycles. The number of anilines is 2. The number of benzene rings is 2. The van der Waals surface area contributed by atoms with E-state index >= 15 is 0 Å². The van der Waals surface area contributed by atoms with Crippen LogP contribution in [0.25, 0.3) is 0 Å². The van der Waals surface area contributed by atoms with E-state index in [2.05, 4.69) is 5.32 Å². The number of non-ortho nitro benzene ring substituents is 1. The zero-order valence-electron chi connectivity index (χ0n) is 16.1. The minimum absolute atomic E-state index is 0.0523. The Bertz CT molecular complexity index is 989. The Kier molecular flexibility index (Phi) is 6.40. The highest BCUT2D eigenvalue weighted by atomic mass is 32.2. The first-order chi connectivity index (χ1) is 13.0. The number of rotatable bonds is 7. The molecule has 0 aliphatic rings. The second-order valence-electron chi connectivity index (χ2n) is 6.74. The van der Waals surface area contributed by atoms with Gasteiger partial charge in [0, 0.05) is 17.8 Å². The number of hydrogen-bond donors (Lipinski definition) is 1. The van der Waals surface area contributed by atoms with Crippen LogP contribution >= 0.6 is 0 Å². The number of para-hydroxylation sites is 1. The molecule has 28 heavy (non-hydrogen) atoms. The lowest BCUT2D eigenvalue weighted by atomic mass is 10.0. The van der Waals surface area contributed by atoms with Gasteiger partial charge >= 0.3 is 0 Å². The van der Waals surface area contributed by atoms with Gasteiger partial charge in [0.1, 0.15) is 6.04 Å². The van der Waals surface area contributed by atoms with Gasteiger partial charge in [-0.1, -0.05) is 38.1 Å². The van der Waals surface area contributed by atoms with E-state index in [9.17, 15) is 23.3 Å². The van der Waals surface area contributed by atoms with Crippen molar-refractivity contribution in [1.82, 2.24) is 0 Å². The Labute approximate surface area is 164 Å². The van der Waals surface area contributed by atoms with Gasteiger partial charge < -0.3 is 5.32 Å². The van der Waals surface area contributed by atoms with Crippen molar-refractivity contribution in [1.29, 1.82) is 0 Å². The van der Waals surface area contributed by atoms with Crippen LogP contribution in [-0.4, -0.2) is 31.5 Å². The molecule has 1 N–H and O–H groups in total. The Morgan fingerprint density at radius 2 is 1.75 bits per heavy atom. The van der Waals surface area contributed by atoms with Crippen molar-refractivity contribution in [2.45, 2.75) is 32.7 Å². The Hall–Kier alpha value is -2.94. The smallest absolute Gasteiger partial charge is 0.271 e. The van der Waals surface area contributed by atoms with Crippen LogP contribution in [0.4, 0.5) is 17.1 Å². The van der Waals surface area contributed by atoms with Crippen LogP contribution in [-0.2, 0) is 14.8 Å². The number of nitro benzene ring substituents is 1. The van der Waals surface area contributed by atoms with E-state index in [4.69, 9.17) is 0 Å². The van der Waals surface area contributed by atoms with Gasteiger partial charge in [0.15, 0.2) is 0 Å². The molecule has 1 unspecified atom stereocenters. The second kappa shape index (κ2) is 8.39. The molecule has 150 valence electrons. The average molecular weight is 405 g/mol. The first-order valence-corrected chi connectivity index (χ1v) is 10.5. The maximum absolute atomic E-state index is 12.8. The fourth-order valence-corrected chi connectivity index (χ4v) is 4.07. The van der Waals surface area contributed by atoms with Gasteiger partial charge in [-0.25, -0.2) is 8.42 Å². The molecule has 2 aromatic rings. The predicted octanol–water partition coefficient (Wildman–Crippen LogP) is 3.51. The standard InChI is InChI=1S/C19H23N3O5S/c1-13(2)17-10-5-6-11-18(17)20-19(23)14(3)21(28(4,26)27)15-8-7-9-16(12-15)22(24)25/h5-14H,1-4H3,(H,20,23). The zero-order valence-corrected chi connectivity index (χ0v) is 16.9. The third-order valence-corrected chi connectivity index (χ3v) is 5.47. The van der Waals surface area contributed by atoms with Gasteiger partial charge in [-0.05, 0) is 30.5 Å². The molecule has 0 saturated carbocycles. The number of hydrogen-bond acceptors (Lipinski definition) is 5. The van der Waals surface area contributed by atoms with Crippen LogP contribution in [0.1, 0.15) is 32.3 Å². The molecule has 9 heteroatoms. The van der Waals surface area contributed by atoms with E-state index < -0.39 is 26.9 Å². The zero-order chi connectivity index (χ0) is 21.1. The molecule has 2 aromatic carbocycles. The highest BCUT2D eigenvalue weighted by Gasteiger charge is 2.30. The van der Waals surface area contributed by atoms with Crippen LogP contribution < -0.4 is 9.62 Å². The summed E-state index contributed by atoms with van der Waals surface area (Å²) in [5, 5.41) is 13.8. The second-order valence-corrected chi connectivity index (χ2v) is 8.60. The molecule has 0 aliphatic carbocycles. The highest BCUT2D eigenvalue weighted by molar-refractivity contribution is 7.92. The fourth-order valence-electron chi connectivity index (χ4n) is 2.90. The lowest BCUT2D eigenvalue weighted by molar-refractivity contribution is -0.384. The van der Waals surface area contributed by atoms with E-state index in [1.807, 2.05) is 26.0 Å². The van der Waals surface area contributed by atoms with E-state index in [1.165, 1.54) is 25.1 Å². The number of nitro groups is 1. The predicted molar refractivity (Wildman–Crippen MR) is 109 cm³/mol. The molecular weight excluding hydrogens is 382 g/mol. The van der Waals surface area contributed by atoms with Crippen LogP contribution in [0.5, 0.6) is 0 Å². The first-order valence-electron chi connectivity index (χ1n) is 8.66. The summed E-state index contributed by atoms with van der Waals surface area (Å²) in [4.78, 5) is 23.2. The largest absolute Gasteiger partial charge is 0.324 e. The molecule has 1 atom stereocenters. The molecule has 0 aromatic heterocycles. The maximum Gasteiger partial charge on any atom is 0.271 e. The van der Waals surface area contributed by atoms with Crippen molar-refractivity contribution in [3.63, 3.8) is 0 Å². The summed E-state index contributed by atoms with van der Waals surface area (Å²) in [5.74, 6) is -0.375. The van der Waals surface area contributed by atoms with Gasteiger partial charge in [0.2, 0.25) is 15.9 Å². The van der Waals surface area contributed by atoms with Gasteiger partial charge in [0.05, 0.1) is 16.9 Å². The summed E-state index contributed by atoms with van der Waals surface area (Å²) in [6, 6.07) is 11.3. The van der Waals surface area contributed by atoms with Crippen LogP contribution in [0, 0.1) is 10.1 Å². The third-order valence-electron chi connectivity index (χ3n) is 4.22. The minimum atomic E-state index is -3.87. The summed E-state index contributed by atoms with van der Waals surface area (Å²) in [7, 11) is -3.87. The van der Waals surface area contributed by atoms with Gasteiger partial charge in [-0.15, -0.1) is 0 Å². The van der Waals surface area contributed by atoms with Crippen LogP contribution in [0.3, 0.4) is 0 Å². The van der Waals surface area contributed by atoms with Crippen LogP contribution in [0.15, 0.2) is 48.5 Å². The van der Waals surface area contributed by atoms with Gasteiger partial charge in [0.25, 0.3) is 5.69 Å². The Balaban J connectivity index is 2.39. The summed E-state index contributed by atoms with van der Waals surface area (Å²) in [6.07, 6.45) is 0.956. The molecule has 0 fully saturated rings. The number of nitrogens with zero attached hydrogens (tertiary/aromatic N) is 2. The normalized spacial score (nSPS) is 12.5. The van der Waals surface area contributed by atoms with Crippen molar-refractivity contribution >= 4 is 33.0 Å². The van der Waals surface area contributed by atoms with E-state index in [0.717, 1.165) is 22.2 Å². The van der Waals surface area contributed by atoms with Gasteiger partial charge in [-0.2, -0.15) is 0 Å². The summed E-state index contributed by atoms with van der Waals surface area (Å²) < 4.78 is 25.6. The molecule has 0 bridgehead atoms. The van der Waals surface area contributed by atoms with Gasteiger partial charge in [-0.3, -0.25) is 19.2 Å². The summed E-state index contributed by atoms with van der Waals surface area (Å²) >= 11 is 0. The number of carbonyl (C=O) groups excluding carboxylic acids is 1. The summed E-state index contributed by atoms with van der Waals surface area (Å²) in [5.41, 5.74) is 1.31. The first kappa shape index (κ1) is 21.4. The quantitative estimate of drug-likeness (QED) is 0.560. The molecule has 1 amide bonds. The Morgan fingerprint density at radius 3 is 2.32 bits per heavy atom. The van der Waals surface area contributed by atoms with Crippen molar-refractivity contribution in [2.24, 2.45) is 0 Å². The lowest BCUT2D eigenvalue weighted by Crippen LogP contribution is -2.45. The number of nitrogens with one attached hydrogen (secondary N) is 1. The number of sulfonamides is 1. The summed E-state index contributed by atoms with van der Waals surface area (Å²) in [6.45, 7) is 5.41. The van der Waals surface area contributed by atoms with Crippen LogP contribution in [0.2, 0.25) is 0 Å². The molecular formula is C19H23N3O5S. The molecule has 0 aliphatic heterocycles. The molecule has 8 nitrogen and oxygen atoms in total. The monoisotopic (exact) mass is 405 g/mol. The molecule has 0 spiro atoms. The average Bonchev–Trinajstić information content (AvgIpc) is 2.61. The molecule has 2 rings (SSSR count). The molecule has 0 heterocycles. The minimum Gasteiger partial charge on any atom is -0.324 e.